The van der Waals surface area contributed by atoms with Crippen molar-refractivity contribution in [3.05, 3.63) is 35.5 Å². The lowest BCUT2D eigenvalue weighted by molar-refractivity contribution is 0.399. The van der Waals surface area contributed by atoms with E-state index in [0.717, 1.165) is 22.6 Å². The first-order chi connectivity index (χ1) is 9.13. The van der Waals surface area contributed by atoms with Crippen molar-refractivity contribution in [2.45, 2.75) is 6.42 Å². The van der Waals surface area contributed by atoms with E-state index in [-0.39, 0.29) is 5.95 Å². The maximum Gasteiger partial charge on any atom is 0.221 e. The zero-order valence-corrected chi connectivity index (χ0v) is 10.9. The molecule has 6 heteroatoms. The fraction of sp³-hybridized carbons (Fsp3) is 0.231. The highest BCUT2D eigenvalue weighted by atomic mass is 16.5. The molecule has 19 heavy (non-hydrogen) atoms. The van der Waals surface area contributed by atoms with Crippen molar-refractivity contribution in [2.75, 3.05) is 25.7 Å². The van der Waals surface area contributed by atoms with E-state index in [2.05, 4.69) is 9.97 Å². The lowest BCUT2D eigenvalue weighted by atomic mass is 10.1. The monoisotopic (exact) mass is 260 g/mol. The molecule has 1 aromatic heterocycles. The third-order valence-corrected chi connectivity index (χ3v) is 2.79. The molecular weight excluding hydrogens is 244 g/mol. The summed E-state index contributed by atoms with van der Waals surface area (Å²) in [7, 11) is 3.24. The van der Waals surface area contributed by atoms with Gasteiger partial charge in [0.05, 0.1) is 14.2 Å². The van der Waals surface area contributed by atoms with Crippen LogP contribution < -0.4 is 20.9 Å². The first-order valence-corrected chi connectivity index (χ1v) is 5.71. The molecule has 0 saturated carbocycles. The van der Waals surface area contributed by atoms with Crippen LogP contribution in [-0.2, 0) is 6.42 Å². The third kappa shape index (κ3) is 2.85. The average molecular weight is 260 g/mol. The number of methoxy groups -OCH3 is 2. The van der Waals surface area contributed by atoms with Crippen molar-refractivity contribution in [2.24, 2.45) is 0 Å². The maximum absolute atomic E-state index is 5.83. The highest BCUT2D eigenvalue weighted by molar-refractivity contribution is 5.48. The van der Waals surface area contributed by atoms with Crippen LogP contribution >= 0.6 is 0 Å². The van der Waals surface area contributed by atoms with Gasteiger partial charge in [0.1, 0.15) is 17.3 Å². The standard InChI is InChI=1S/C13H16N4O2/c1-18-10-3-4-11(19-2)8(6-10)5-9-7-16-13(15)17-12(9)14/h3-4,6-7H,5H2,1-2H3,(H4,14,15,16,17). The molecule has 0 aliphatic rings. The molecule has 0 saturated heterocycles. The van der Waals surface area contributed by atoms with Crippen LogP contribution in [0.1, 0.15) is 11.1 Å². The average Bonchev–Trinajstić information content (AvgIpc) is 2.41. The summed E-state index contributed by atoms with van der Waals surface area (Å²) in [5.41, 5.74) is 13.0. The van der Waals surface area contributed by atoms with E-state index >= 15 is 0 Å². The number of nitrogens with zero attached hydrogens (tertiary/aromatic N) is 2. The van der Waals surface area contributed by atoms with Gasteiger partial charge in [-0.1, -0.05) is 0 Å². The number of nitrogens with two attached hydrogens (primary N) is 2. The normalized spacial score (nSPS) is 10.2. The van der Waals surface area contributed by atoms with E-state index in [9.17, 15) is 0 Å². The van der Waals surface area contributed by atoms with E-state index in [0.29, 0.717) is 12.2 Å². The molecule has 0 radical (unpaired) electrons. The molecule has 1 heterocycles. The van der Waals surface area contributed by atoms with Crippen molar-refractivity contribution < 1.29 is 9.47 Å². The van der Waals surface area contributed by atoms with Crippen molar-refractivity contribution in [3.63, 3.8) is 0 Å². The van der Waals surface area contributed by atoms with Gasteiger partial charge in [-0.2, -0.15) is 4.98 Å². The van der Waals surface area contributed by atoms with Crippen LogP contribution in [0.3, 0.4) is 0 Å². The van der Waals surface area contributed by atoms with Crippen LogP contribution in [0.4, 0.5) is 11.8 Å². The second-order valence-electron chi connectivity index (χ2n) is 3.99. The summed E-state index contributed by atoms with van der Waals surface area (Å²) < 4.78 is 10.5. The number of hydrogen-bond acceptors (Lipinski definition) is 6. The summed E-state index contributed by atoms with van der Waals surface area (Å²) in [5, 5.41) is 0. The number of ether oxygens (including phenoxy) is 2. The molecule has 0 unspecified atom stereocenters. The number of hydrogen-bond donors (Lipinski definition) is 2. The second kappa shape index (κ2) is 5.43. The number of rotatable bonds is 4. The van der Waals surface area contributed by atoms with E-state index in [1.807, 2.05) is 18.2 Å². The topological polar surface area (TPSA) is 96.3 Å². The number of nitrogen functional groups attached to an aromatic ring is 2. The van der Waals surface area contributed by atoms with Crippen LogP contribution in [0, 0.1) is 0 Å². The van der Waals surface area contributed by atoms with E-state index in [1.54, 1.807) is 20.4 Å². The zero-order valence-electron chi connectivity index (χ0n) is 10.9. The van der Waals surface area contributed by atoms with Gasteiger partial charge in [0.2, 0.25) is 5.95 Å². The molecule has 0 bridgehead atoms. The molecule has 1 aromatic carbocycles. The minimum atomic E-state index is 0.166. The Hall–Kier alpha value is -2.50. The number of anilines is 2. The Bertz CT molecular complexity index is 587. The minimum absolute atomic E-state index is 0.166. The molecule has 100 valence electrons. The van der Waals surface area contributed by atoms with Gasteiger partial charge in [-0.05, 0) is 18.2 Å². The Morgan fingerprint density at radius 3 is 2.53 bits per heavy atom. The molecule has 0 atom stereocenters. The van der Waals surface area contributed by atoms with Gasteiger partial charge in [0.25, 0.3) is 0 Å². The summed E-state index contributed by atoms with van der Waals surface area (Å²) in [5.74, 6) is 2.05. The van der Waals surface area contributed by atoms with Gasteiger partial charge in [-0.3, -0.25) is 0 Å². The summed E-state index contributed by atoms with van der Waals surface area (Å²) in [6, 6.07) is 5.59. The smallest absolute Gasteiger partial charge is 0.221 e. The molecule has 2 rings (SSSR count). The Morgan fingerprint density at radius 1 is 1.11 bits per heavy atom. The molecule has 4 N–H and O–H groups in total. The molecule has 2 aromatic rings. The number of aromatic nitrogens is 2. The van der Waals surface area contributed by atoms with E-state index < -0.39 is 0 Å². The predicted molar refractivity (Wildman–Crippen MR) is 73.2 cm³/mol. The lowest BCUT2D eigenvalue weighted by Crippen LogP contribution is -2.04. The molecule has 6 nitrogen and oxygen atoms in total. The fourth-order valence-electron chi connectivity index (χ4n) is 1.80. The van der Waals surface area contributed by atoms with Gasteiger partial charge in [0.15, 0.2) is 0 Å². The van der Waals surface area contributed by atoms with Gasteiger partial charge in [-0.15, -0.1) is 0 Å². The Morgan fingerprint density at radius 2 is 1.89 bits per heavy atom. The SMILES string of the molecule is COc1ccc(OC)c(Cc2cnc(N)nc2N)c1. The summed E-state index contributed by atoms with van der Waals surface area (Å²) in [6.45, 7) is 0. The van der Waals surface area contributed by atoms with Gasteiger partial charge in [-0.25, -0.2) is 4.98 Å². The quantitative estimate of drug-likeness (QED) is 0.858. The summed E-state index contributed by atoms with van der Waals surface area (Å²) >= 11 is 0. The van der Waals surface area contributed by atoms with Gasteiger partial charge < -0.3 is 20.9 Å². The second-order valence-corrected chi connectivity index (χ2v) is 3.99. The predicted octanol–water partition coefficient (Wildman–Crippen LogP) is 1.25. The maximum atomic E-state index is 5.83. The fourth-order valence-corrected chi connectivity index (χ4v) is 1.80. The minimum Gasteiger partial charge on any atom is -0.497 e. The van der Waals surface area contributed by atoms with Crippen LogP contribution in [0.2, 0.25) is 0 Å². The van der Waals surface area contributed by atoms with Crippen LogP contribution in [0.15, 0.2) is 24.4 Å². The summed E-state index contributed by atoms with van der Waals surface area (Å²) in [4.78, 5) is 7.89. The largest absolute Gasteiger partial charge is 0.497 e. The molecular formula is C13H16N4O2. The Labute approximate surface area is 111 Å². The van der Waals surface area contributed by atoms with Crippen molar-refractivity contribution in [3.8, 4) is 11.5 Å². The molecule has 0 aliphatic carbocycles. The van der Waals surface area contributed by atoms with E-state index in [1.165, 1.54) is 0 Å². The highest BCUT2D eigenvalue weighted by Crippen LogP contribution is 2.27. The lowest BCUT2D eigenvalue weighted by Gasteiger charge is -2.11. The summed E-state index contributed by atoms with van der Waals surface area (Å²) in [6.07, 6.45) is 2.17. The van der Waals surface area contributed by atoms with Crippen molar-refractivity contribution in [1.82, 2.24) is 9.97 Å². The third-order valence-electron chi connectivity index (χ3n) is 2.79. The first kappa shape index (κ1) is 12.9. The Balaban J connectivity index is 2.36. The molecule has 0 aliphatic heterocycles. The highest BCUT2D eigenvalue weighted by Gasteiger charge is 2.09. The first-order valence-electron chi connectivity index (χ1n) is 5.71. The Kier molecular flexibility index (Phi) is 3.70. The van der Waals surface area contributed by atoms with Crippen molar-refractivity contribution >= 4 is 11.8 Å². The van der Waals surface area contributed by atoms with Crippen LogP contribution in [0.5, 0.6) is 11.5 Å². The molecule has 0 spiro atoms. The number of benzene rings is 1. The molecule has 0 amide bonds. The molecule has 0 fully saturated rings. The van der Waals surface area contributed by atoms with Gasteiger partial charge >= 0.3 is 0 Å². The zero-order chi connectivity index (χ0) is 13.8. The van der Waals surface area contributed by atoms with Crippen LogP contribution in [-0.4, -0.2) is 24.2 Å². The van der Waals surface area contributed by atoms with Crippen molar-refractivity contribution in [1.29, 1.82) is 0 Å². The van der Waals surface area contributed by atoms with Gasteiger partial charge in [0, 0.05) is 23.7 Å². The van der Waals surface area contributed by atoms with E-state index in [4.69, 9.17) is 20.9 Å². The van der Waals surface area contributed by atoms with Crippen LogP contribution in [0.25, 0.3) is 0 Å².